The van der Waals surface area contributed by atoms with E-state index in [0.717, 1.165) is 38.7 Å². The summed E-state index contributed by atoms with van der Waals surface area (Å²) in [7, 11) is 3.51. The van der Waals surface area contributed by atoms with Gasteiger partial charge in [0.15, 0.2) is 5.96 Å². The molecule has 1 fully saturated rings. The van der Waals surface area contributed by atoms with Crippen LogP contribution < -0.4 is 10.2 Å². The molecular weight excluding hydrogens is 292 g/mol. The molecular formula is C17H28N4O2. The fraction of sp³-hybridized carbons (Fsp3) is 0.588. The van der Waals surface area contributed by atoms with Crippen LogP contribution in [-0.2, 0) is 9.47 Å². The largest absolute Gasteiger partial charge is 0.382 e. The lowest BCUT2D eigenvalue weighted by molar-refractivity contribution is 0.0731. The van der Waals surface area contributed by atoms with Crippen LogP contribution in [0.4, 0.5) is 5.69 Å². The Morgan fingerprint density at radius 2 is 1.83 bits per heavy atom. The Morgan fingerprint density at radius 3 is 2.48 bits per heavy atom. The van der Waals surface area contributed by atoms with Crippen LogP contribution in [0.15, 0.2) is 35.3 Å². The fourth-order valence-electron chi connectivity index (χ4n) is 2.63. The number of para-hydroxylation sites is 1. The smallest absolute Gasteiger partial charge is 0.193 e. The highest BCUT2D eigenvalue weighted by molar-refractivity contribution is 5.80. The molecule has 0 amide bonds. The number of rotatable bonds is 7. The second kappa shape index (κ2) is 10.1. The Balaban J connectivity index is 1.70. The molecule has 0 atom stereocenters. The molecule has 1 aliphatic heterocycles. The van der Waals surface area contributed by atoms with Gasteiger partial charge in [0.2, 0.25) is 0 Å². The number of aliphatic imine (C=N–C) groups is 1. The molecule has 6 heteroatoms. The summed E-state index contributed by atoms with van der Waals surface area (Å²) in [5.41, 5.74) is 1.29. The van der Waals surface area contributed by atoms with Crippen molar-refractivity contribution in [3.8, 4) is 0 Å². The van der Waals surface area contributed by atoms with Crippen molar-refractivity contribution in [2.24, 2.45) is 4.99 Å². The molecule has 1 heterocycles. The third kappa shape index (κ3) is 5.73. The third-order valence-corrected chi connectivity index (χ3v) is 3.87. The molecule has 0 saturated carbocycles. The quantitative estimate of drug-likeness (QED) is 0.462. The van der Waals surface area contributed by atoms with E-state index in [-0.39, 0.29) is 0 Å². The van der Waals surface area contributed by atoms with Crippen LogP contribution in [-0.4, -0.2) is 77.6 Å². The molecule has 1 aromatic carbocycles. The summed E-state index contributed by atoms with van der Waals surface area (Å²) in [5.74, 6) is 0.952. The van der Waals surface area contributed by atoms with E-state index in [9.17, 15) is 0 Å². The summed E-state index contributed by atoms with van der Waals surface area (Å²) in [6.07, 6.45) is 0. The van der Waals surface area contributed by atoms with Crippen molar-refractivity contribution >= 4 is 11.6 Å². The summed E-state index contributed by atoms with van der Waals surface area (Å²) < 4.78 is 10.4. The molecule has 0 aliphatic carbocycles. The number of benzene rings is 1. The summed E-state index contributed by atoms with van der Waals surface area (Å²) >= 11 is 0. The maximum Gasteiger partial charge on any atom is 0.193 e. The Kier molecular flexibility index (Phi) is 7.69. The first kappa shape index (κ1) is 17.6. The number of hydrogen-bond acceptors (Lipinski definition) is 4. The van der Waals surface area contributed by atoms with Gasteiger partial charge in [-0.15, -0.1) is 0 Å². The molecule has 0 aromatic heterocycles. The Hall–Kier alpha value is -1.79. The van der Waals surface area contributed by atoms with Crippen molar-refractivity contribution < 1.29 is 9.47 Å². The van der Waals surface area contributed by atoms with E-state index < -0.39 is 0 Å². The van der Waals surface area contributed by atoms with E-state index >= 15 is 0 Å². The van der Waals surface area contributed by atoms with Crippen LogP contribution in [0.2, 0.25) is 0 Å². The van der Waals surface area contributed by atoms with E-state index in [2.05, 4.69) is 50.4 Å². The number of ether oxygens (including phenoxy) is 2. The highest BCUT2D eigenvalue weighted by atomic mass is 16.5. The molecule has 1 aromatic rings. The van der Waals surface area contributed by atoms with Gasteiger partial charge in [-0.1, -0.05) is 18.2 Å². The van der Waals surface area contributed by atoms with Crippen molar-refractivity contribution in [2.75, 3.05) is 71.6 Å². The van der Waals surface area contributed by atoms with Gasteiger partial charge in [0.05, 0.1) is 19.8 Å². The lowest BCUT2D eigenvalue weighted by Gasteiger charge is -2.37. The number of anilines is 1. The second-order valence-corrected chi connectivity index (χ2v) is 5.39. The average molecular weight is 320 g/mol. The van der Waals surface area contributed by atoms with Crippen molar-refractivity contribution in [3.63, 3.8) is 0 Å². The molecule has 0 bridgehead atoms. The highest BCUT2D eigenvalue weighted by Crippen LogP contribution is 2.15. The van der Waals surface area contributed by atoms with Crippen molar-refractivity contribution in [1.29, 1.82) is 0 Å². The predicted molar refractivity (Wildman–Crippen MR) is 94.3 cm³/mol. The van der Waals surface area contributed by atoms with Crippen LogP contribution in [0.1, 0.15) is 0 Å². The summed E-state index contributed by atoms with van der Waals surface area (Å²) in [6.45, 7) is 6.65. The number of hydrogen-bond donors (Lipinski definition) is 1. The molecule has 6 nitrogen and oxygen atoms in total. The Bertz CT molecular complexity index is 459. The highest BCUT2D eigenvalue weighted by Gasteiger charge is 2.19. The maximum atomic E-state index is 5.46. The normalized spacial score (nSPS) is 15.8. The first-order chi connectivity index (χ1) is 11.3. The van der Waals surface area contributed by atoms with Gasteiger partial charge in [-0.2, -0.15) is 0 Å². The van der Waals surface area contributed by atoms with Crippen LogP contribution in [0.3, 0.4) is 0 Å². The topological polar surface area (TPSA) is 49.3 Å². The van der Waals surface area contributed by atoms with Crippen molar-refractivity contribution in [1.82, 2.24) is 10.2 Å². The Morgan fingerprint density at radius 1 is 1.09 bits per heavy atom. The summed E-state index contributed by atoms with van der Waals surface area (Å²) in [4.78, 5) is 9.09. The number of guanidine groups is 1. The van der Waals surface area contributed by atoms with Gasteiger partial charge in [-0.05, 0) is 12.1 Å². The monoisotopic (exact) mass is 320 g/mol. The third-order valence-electron chi connectivity index (χ3n) is 3.87. The summed E-state index contributed by atoms with van der Waals surface area (Å²) in [5, 5.41) is 3.36. The molecule has 0 radical (unpaired) electrons. The van der Waals surface area contributed by atoms with Crippen LogP contribution in [0.5, 0.6) is 0 Å². The SMILES string of the molecule is CN=C(NCCOCCOC)N1CCN(c2ccccc2)CC1. The van der Waals surface area contributed by atoms with E-state index in [0.29, 0.717) is 19.8 Å². The van der Waals surface area contributed by atoms with Gasteiger partial charge in [0, 0.05) is 52.6 Å². The van der Waals surface area contributed by atoms with Gasteiger partial charge < -0.3 is 24.6 Å². The molecule has 1 N–H and O–H groups in total. The molecule has 0 unspecified atom stereocenters. The lowest BCUT2D eigenvalue weighted by atomic mass is 10.2. The maximum absolute atomic E-state index is 5.46. The second-order valence-electron chi connectivity index (χ2n) is 5.39. The first-order valence-electron chi connectivity index (χ1n) is 8.17. The van der Waals surface area contributed by atoms with E-state index in [4.69, 9.17) is 9.47 Å². The standard InChI is InChI=1S/C17H28N4O2/c1-18-17(19-8-13-23-15-14-22-2)21-11-9-20(10-12-21)16-6-4-3-5-7-16/h3-7H,8-15H2,1-2H3,(H,18,19). The molecule has 0 spiro atoms. The van der Waals surface area contributed by atoms with Gasteiger partial charge in [-0.25, -0.2) is 0 Å². The van der Waals surface area contributed by atoms with Crippen LogP contribution in [0, 0.1) is 0 Å². The minimum atomic E-state index is 0.631. The molecule has 128 valence electrons. The van der Waals surface area contributed by atoms with Crippen molar-refractivity contribution in [3.05, 3.63) is 30.3 Å². The number of nitrogens with zero attached hydrogens (tertiary/aromatic N) is 3. The Labute approximate surface area is 139 Å². The van der Waals surface area contributed by atoms with Crippen molar-refractivity contribution in [2.45, 2.75) is 0 Å². The van der Waals surface area contributed by atoms with Gasteiger partial charge >= 0.3 is 0 Å². The zero-order valence-electron chi connectivity index (χ0n) is 14.2. The number of nitrogens with one attached hydrogen (secondary N) is 1. The van der Waals surface area contributed by atoms with Crippen LogP contribution >= 0.6 is 0 Å². The molecule has 2 rings (SSSR count). The zero-order chi connectivity index (χ0) is 16.3. The number of piperazine rings is 1. The average Bonchev–Trinajstić information content (AvgIpc) is 2.62. The minimum absolute atomic E-state index is 0.631. The van der Waals surface area contributed by atoms with Gasteiger partial charge in [0.25, 0.3) is 0 Å². The first-order valence-corrected chi connectivity index (χ1v) is 8.17. The van der Waals surface area contributed by atoms with Crippen LogP contribution in [0.25, 0.3) is 0 Å². The fourth-order valence-corrected chi connectivity index (χ4v) is 2.63. The number of methoxy groups -OCH3 is 1. The van der Waals surface area contributed by atoms with E-state index in [1.54, 1.807) is 7.11 Å². The molecule has 1 aliphatic rings. The van der Waals surface area contributed by atoms with Gasteiger partial charge in [-0.3, -0.25) is 4.99 Å². The molecule has 23 heavy (non-hydrogen) atoms. The van der Waals surface area contributed by atoms with Gasteiger partial charge in [0.1, 0.15) is 0 Å². The summed E-state index contributed by atoms with van der Waals surface area (Å²) in [6, 6.07) is 10.6. The predicted octanol–water partition coefficient (Wildman–Crippen LogP) is 1.05. The lowest BCUT2D eigenvalue weighted by Crippen LogP contribution is -2.53. The van der Waals surface area contributed by atoms with E-state index in [1.165, 1.54) is 5.69 Å². The zero-order valence-corrected chi connectivity index (χ0v) is 14.2. The minimum Gasteiger partial charge on any atom is -0.382 e. The molecule has 1 saturated heterocycles. The van der Waals surface area contributed by atoms with E-state index in [1.807, 2.05) is 7.05 Å².